The van der Waals surface area contributed by atoms with Crippen LogP contribution in [-0.4, -0.2) is 15.6 Å². The van der Waals surface area contributed by atoms with Crippen molar-refractivity contribution in [3.05, 3.63) is 60.2 Å². The van der Waals surface area contributed by atoms with Crippen molar-refractivity contribution in [2.45, 2.75) is 0 Å². The lowest BCUT2D eigenvalue weighted by Gasteiger charge is -2.03. The van der Waals surface area contributed by atoms with Crippen molar-refractivity contribution < 1.29 is 9.90 Å². The first kappa shape index (κ1) is 12.0. The molecule has 4 aromatic rings. The predicted octanol–water partition coefficient (Wildman–Crippen LogP) is 4.18. The fourth-order valence-corrected chi connectivity index (χ4v) is 3.12. The van der Waals surface area contributed by atoms with E-state index in [4.69, 9.17) is 5.11 Å². The zero-order valence-corrected chi connectivity index (χ0v) is 11.5. The minimum absolute atomic E-state index is 0.321. The number of para-hydroxylation sites is 1. The summed E-state index contributed by atoms with van der Waals surface area (Å²) in [6.45, 7) is 0. The summed E-state index contributed by atoms with van der Waals surface area (Å²) in [5, 5.41) is 13.6. The number of carbonyl (C=O) groups is 1. The first-order chi connectivity index (χ1) is 10.2. The molecule has 0 bridgehead atoms. The van der Waals surface area contributed by atoms with Crippen LogP contribution < -0.4 is 0 Å². The van der Waals surface area contributed by atoms with Crippen LogP contribution in [0.2, 0.25) is 0 Å². The molecule has 0 amide bonds. The third kappa shape index (κ3) is 1.57. The van der Waals surface area contributed by atoms with Gasteiger partial charge in [0.2, 0.25) is 0 Å². The Morgan fingerprint density at radius 2 is 1.76 bits per heavy atom. The van der Waals surface area contributed by atoms with Crippen molar-refractivity contribution >= 4 is 38.5 Å². The third-order valence-electron chi connectivity index (χ3n) is 4.14. The second-order valence-corrected chi connectivity index (χ2v) is 5.28. The van der Waals surface area contributed by atoms with Gasteiger partial charge in [0, 0.05) is 28.9 Å². The molecule has 0 spiro atoms. The molecule has 0 unspecified atom stereocenters. The Bertz CT molecular complexity index is 1030. The normalized spacial score (nSPS) is 11.5. The van der Waals surface area contributed by atoms with Crippen molar-refractivity contribution in [3.8, 4) is 0 Å². The third-order valence-corrected chi connectivity index (χ3v) is 4.14. The number of nitrogens with zero attached hydrogens (tertiary/aromatic N) is 1. The van der Waals surface area contributed by atoms with Crippen molar-refractivity contribution in [2.75, 3.05) is 0 Å². The molecular formula is C18H13NO2. The number of benzene rings is 3. The molecule has 0 fully saturated rings. The van der Waals surface area contributed by atoms with Crippen LogP contribution in [0.15, 0.2) is 54.6 Å². The minimum atomic E-state index is -0.894. The summed E-state index contributed by atoms with van der Waals surface area (Å²) >= 11 is 0. The lowest BCUT2D eigenvalue weighted by Crippen LogP contribution is -1.95. The fourth-order valence-electron chi connectivity index (χ4n) is 3.12. The number of hydrogen-bond donors (Lipinski definition) is 1. The average molecular weight is 275 g/mol. The SMILES string of the molecule is Cn1c2ccccc2c2c3ccc(C(=O)O)cc3ccc21. The van der Waals surface area contributed by atoms with Gasteiger partial charge in [-0.1, -0.05) is 30.3 Å². The molecule has 0 aliphatic carbocycles. The summed E-state index contributed by atoms with van der Waals surface area (Å²) in [5.41, 5.74) is 2.66. The van der Waals surface area contributed by atoms with Gasteiger partial charge >= 0.3 is 5.97 Å². The Labute approximate surface area is 121 Å². The lowest BCUT2D eigenvalue weighted by atomic mass is 10.0. The van der Waals surface area contributed by atoms with E-state index >= 15 is 0 Å². The molecule has 1 N–H and O–H groups in total. The van der Waals surface area contributed by atoms with E-state index in [-0.39, 0.29) is 0 Å². The fraction of sp³-hybridized carbons (Fsp3) is 0.0556. The Hall–Kier alpha value is -2.81. The molecule has 3 heteroatoms. The number of aryl methyl sites for hydroxylation is 1. The van der Waals surface area contributed by atoms with Gasteiger partial charge in [0.15, 0.2) is 0 Å². The van der Waals surface area contributed by atoms with Gasteiger partial charge in [0.25, 0.3) is 0 Å². The van der Waals surface area contributed by atoms with E-state index in [0.717, 1.165) is 16.3 Å². The number of aromatic carboxylic acids is 1. The molecule has 0 saturated carbocycles. The number of aromatic nitrogens is 1. The zero-order valence-electron chi connectivity index (χ0n) is 11.5. The van der Waals surface area contributed by atoms with Gasteiger partial charge in [0.05, 0.1) is 5.56 Å². The van der Waals surface area contributed by atoms with Crippen molar-refractivity contribution in [3.63, 3.8) is 0 Å². The Morgan fingerprint density at radius 3 is 2.57 bits per heavy atom. The molecule has 4 rings (SSSR count). The Morgan fingerprint density at radius 1 is 0.952 bits per heavy atom. The summed E-state index contributed by atoms with van der Waals surface area (Å²) in [5.74, 6) is -0.894. The number of fused-ring (bicyclic) bond motifs is 5. The number of rotatable bonds is 1. The standard InChI is InChI=1S/C18H13NO2/c1-19-15-5-3-2-4-14(15)17-13-8-6-12(18(20)21)10-11(13)7-9-16(17)19/h2-10H,1H3,(H,20,21). The maximum absolute atomic E-state index is 11.1. The summed E-state index contributed by atoms with van der Waals surface area (Å²) < 4.78 is 2.18. The lowest BCUT2D eigenvalue weighted by molar-refractivity contribution is 0.0697. The van der Waals surface area contributed by atoms with E-state index in [1.165, 1.54) is 16.3 Å². The van der Waals surface area contributed by atoms with Crippen LogP contribution in [0.25, 0.3) is 32.6 Å². The Kier molecular flexibility index (Phi) is 2.33. The van der Waals surface area contributed by atoms with Crippen molar-refractivity contribution in [2.24, 2.45) is 7.05 Å². The van der Waals surface area contributed by atoms with Gasteiger partial charge in [-0.15, -0.1) is 0 Å². The Balaban J connectivity index is 2.23. The van der Waals surface area contributed by atoms with E-state index in [1.807, 2.05) is 24.3 Å². The van der Waals surface area contributed by atoms with Crippen LogP contribution >= 0.6 is 0 Å². The van der Waals surface area contributed by atoms with E-state index < -0.39 is 5.97 Å². The van der Waals surface area contributed by atoms with Gasteiger partial charge in [-0.3, -0.25) is 0 Å². The van der Waals surface area contributed by atoms with Gasteiger partial charge in [0.1, 0.15) is 0 Å². The summed E-state index contributed by atoms with van der Waals surface area (Å²) in [4.78, 5) is 11.1. The van der Waals surface area contributed by atoms with Gasteiger partial charge in [-0.2, -0.15) is 0 Å². The predicted molar refractivity (Wildman–Crippen MR) is 84.9 cm³/mol. The van der Waals surface area contributed by atoms with Crippen LogP contribution in [0.3, 0.4) is 0 Å². The van der Waals surface area contributed by atoms with Crippen LogP contribution in [0, 0.1) is 0 Å². The summed E-state index contributed by atoms with van der Waals surface area (Å²) in [6.07, 6.45) is 0. The second-order valence-electron chi connectivity index (χ2n) is 5.28. The number of carboxylic acids is 1. The highest BCUT2D eigenvalue weighted by atomic mass is 16.4. The van der Waals surface area contributed by atoms with Gasteiger partial charge in [-0.25, -0.2) is 4.79 Å². The van der Waals surface area contributed by atoms with Crippen LogP contribution in [0.4, 0.5) is 0 Å². The maximum atomic E-state index is 11.1. The average Bonchev–Trinajstić information content (AvgIpc) is 2.80. The maximum Gasteiger partial charge on any atom is 0.335 e. The molecule has 0 atom stereocenters. The van der Waals surface area contributed by atoms with E-state index in [9.17, 15) is 4.79 Å². The molecule has 0 saturated heterocycles. The summed E-state index contributed by atoms with van der Waals surface area (Å²) in [7, 11) is 2.06. The zero-order chi connectivity index (χ0) is 14.6. The van der Waals surface area contributed by atoms with Crippen LogP contribution in [0.1, 0.15) is 10.4 Å². The molecule has 1 aromatic heterocycles. The molecule has 21 heavy (non-hydrogen) atoms. The summed E-state index contributed by atoms with van der Waals surface area (Å²) in [6, 6.07) is 17.7. The van der Waals surface area contributed by atoms with Crippen molar-refractivity contribution in [1.29, 1.82) is 0 Å². The molecule has 102 valence electrons. The molecule has 1 heterocycles. The van der Waals surface area contributed by atoms with E-state index in [2.05, 4.69) is 29.8 Å². The highest BCUT2D eigenvalue weighted by Crippen LogP contribution is 2.34. The molecule has 3 aromatic carbocycles. The van der Waals surface area contributed by atoms with E-state index in [0.29, 0.717) is 5.56 Å². The van der Waals surface area contributed by atoms with Crippen molar-refractivity contribution in [1.82, 2.24) is 4.57 Å². The monoisotopic (exact) mass is 275 g/mol. The highest BCUT2D eigenvalue weighted by Gasteiger charge is 2.12. The van der Waals surface area contributed by atoms with Gasteiger partial charge < -0.3 is 9.67 Å². The van der Waals surface area contributed by atoms with Gasteiger partial charge in [-0.05, 0) is 35.0 Å². The van der Waals surface area contributed by atoms with Crippen LogP contribution in [-0.2, 0) is 7.05 Å². The second kappa shape index (κ2) is 4.09. The first-order valence-electron chi connectivity index (χ1n) is 6.80. The molecule has 0 aliphatic rings. The molecule has 0 radical (unpaired) electrons. The minimum Gasteiger partial charge on any atom is -0.478 e. The highest BCUT2D eigenvalue weighted by molar-refractivity contribution is 6.21. The molecule has 3 nitrogen and oxygen atoms in total. The quantitative estimate of drug-likeness (QED) is 0.566. The largest absolute Gasteiger partial charge is 0.478 e. The topological polar surface area (TPSA) is 42.2 Å². The first-order valence-corrected chi connectivity index (χ1v) is 6.80. The van der Waals surface area contributed by atoms with E-state index in [1.54, 1.807) is 12.1 Å². The molecule has 0 aliphatic heterocycles. The van der Waals surface area contributed by atoms with Crippen LogP contribution in [0.5, 0.6) is 0 Å². The number of carboxylic acid groups (broad SMARTS) is 1. The number of hydrogen-bond acceptors (Lipinski definition) is 1. The smallest absolute Gasteiger partial charge is 0.335 e. The molecular weight excluding hydrogens is 262 g/mol.